The van der Waals surface area contributed by atoms with E-state index in [9.17, 15) is 0 Å². The highest BCUT2D eigenvalue weighted by atomic mass is 32.1. The fraction of sp³-hybridized carbons (Fsp3) is 0.273. The van der Waals surface area contributed by atoms with Crippen molar-refractivity contribution in [3.05, 3.63) is 82.9 Å². The molecule has 1 fully saturated rings. The van der Waals surface area contributed by atoms with Crippen LogP contribution >= 0.6 is 12.2 Å². The summed E-state index contributed by atoms with van der Waals surface area (Å²) in [4.78, 5) is 6.85. The molecule has 2 aromatic heterocycles. The molecule has 1 aliphatic rings. The second-order valence-corrected chi connectivity index (χ2v) is 7.60. The number of benzene rings is 1. The molecule has 2 unspecified atom stereocenters. The fourth-order valence-corrected chi connectivity index (χ4v) is 4.18. The summed E-state index contributed by atoms with van der Waals surface area (Å²) in [5.74, 6) is 0. The maximum atomic E-state index is 5.77. The van der Waals surface area contributed by atoms with Crippen molar-refractivity contribution in [2.75, 3.05) is 4.90 Å². The van der Waals surface area contributed by atoms with Gasteiger partial charge in [-0.05, 0) is 68.9 Å². The molecule has 4 rings (SSSR count). The summed E-state index contributed by atoms with van der Waals surface area (Å²) in [7, 11) is 2.11. The van der Waals surface area contributed by atoms with Crippen LogP contribution in [0.5, 0.6) is 0 Å². The number of nitrogens with one attached hydrogen (secondary N) is 1. The summed E-state index contributed by atoms with van der Waals surface area (Å²) < 4.78 is 2.24. The van der Waals surface area contributed by atoms with Gasteiger partial charge in [0.1, 0.15) is 0 Å². The smallest absolute Gasteiger partial charge is 0.174 e. The van der Waals surface area contributed by atoms with Gasteiger partial charge in [0.15, 0.2) is 5.11 Å². The van der Waals surface area contributed by atoms with Gasteiger partial charge in [0.05, 0.1) is 17.8 Å². The molecule has 1 saturated heterocycles. The summed E-state index contributed by atoms with van der Waals surface area (Å²) >= 11 is 5.77. The van der Waals surface area contributed by atoms with E-state index in [1.165, 1.54) is 22.5 Å². The van der Waals surface area contributed by atoms with E-state index in [0.717, 1.165) is 16.5 Å². The molecular weight excluding hydrogens is 352 g/mol. The number of hydrogen-bond acceptors (Lipinski definition) is 2. The third kappa shape index (κ3) is 3.02. The maximum absolute atomic E-state index is 5.77. The van der Waals surface area contributed by atoms with E-state index in [1.54, 1.807) is 0 Å². The maximum Gasteiger partial charge on any atom is 0.174 e. The first-order valence-corrected chi connectivity index (χ1v) is 9.58. The molecule has 3 heterocycles. The normalized spacial score (nSPS) is 19.4. The Balaban J connectivity index is 1.87. The predicted octanol–water partition coefficient (Wildman–Crippen LogP) is 4.52. The number of nitrogens with zero attached hydrogens (tertiary/aromatic N) is 3. The molecular formula is C22H24N4S. The van der Waals surface area contributed by atoms with E-state index in [0.29, 0.717) is 0 Å². The van der Waals surface area contributed by atoms with Crippen LogP contribution in [0.3, 0.4) is 0 Å². The lowest BCUT2D eigenvalue weighted by molar-refractivity contribution is 0.564. The zero-order chi connectivity index (χ0) is 19.1. The first-order valence-electron chi connectivity index (χ1n) is 9.17. The minimum Gasteiger partial charge on any atom is -0.352 e. The highest BCUT2D eigenvalue weighted by Gasteiger charge is 2.41. The standard InChI is InChI=1S/C22H24N4S/c1-14-8-10-17(11-9-14)26-21(18-13-15(2)25(4)16(18)3)20(24-22(26)27)19-7-5-6-12-23-19/h5-13,20-21H,1-4H3,(H,24,27). The second-order valence-electron chi connectivity index (χ2n) is 7.22. The van der Waals surface area contributed by atoms with Crippen molar-refractivity contribution < 1.29 is 0 Å². The number of pyridine rings is 1. The average molecular weight is 377 g/mol. The minimum absolute atomic E-state index is 0.000466. The van der Waals surface area contributed by atoms with E-state index in [1.807, 2.05) is 18.3 Å². The van der Waals surface area contributed by atoms with Crippen LogP contribution < -0.4 is 10.2 Å². The van der Waals surface area contributed by atoms with E-state index < -0.39 is 0 Å². The molecule has 5 heteroatoms. The molecule has 0 bridgehead atoms. The SMILES string of the molecule is Cc1ccc(N2C(=S)NC(c3ccccn3)C2c2cc(C)n(C)c2C)cc1. The third-order valence-electron chi connectivity index (χ3n) is 5.54. The van der Waals surface area contributed by atoms with Gasteiger partial charge in [-0.2, -0.15) is 0 Å². The topological polar surface area (TPSA) is 33.1 Å². The molecule has 0 aliphatic carbocycles. The molecule has 4 nitrogen and oxygen atoms in total. The van der Waals surface area contributed by atoms with Gasteiger partial charge in [0.2, 0.25) is 0 Å². The van der Waals surface area contributed by atoms with Crippen molar-refractivity contribution in [2.24, 2.45) is 7.05 Å². The summed E-state index contributed by atoms with van der Waals surface area (Å²) in [5.41, 5.74) is 7.11. The van der Waals surface area contributed by atoms with Crippen molar-refractivity contribution >= 4 is 23.0 Å². The summed E-state index contributed by atoms with van der Waals surface area (Å²) in [6.45, 7) is 6.42. The molecule has 27 heavy (non-hydrogen) atoms. The number of anilines is 1. The van der Waals surface area contributed by atoms with Crippen molar-refractivity contribution in [1.29, 1.82) is 0 Å². The van der Waals surface area contributed by atoms with Crippen molar-refractivity contribution in [3.63, 3.8) is 0 Å². The third-order valence-corrected chi connectivity index (χ3v) is 5.86. The van der Waals surface area contributed by atoms with Crippen LogP contribution in [0.4, 0.5) is 5.69 Å². The summed E-state index contributed by atoms with van der Waals surface area (Å²) in [6, 6.07) is 16.9. The van der Waals surface area contributed by atoms with Crippen LogP contribution in [-0.2, 0) is 7.05 Å². The molecule has 0 amide bonds. The number of aromatic nitrogens is 2. The largest absolute Gasteiger partial charge is 0.352 e. The number of hydrogen-bond donors (Lipinski definition) is 1. The molecule has 1 aromatic carbocycles. The van der Waals surface area contributed by atoms with Crippen molar-refractivity contribution in [3.8, 4) is 0 Å². The highest BCUT2D eigenvalue weighted by Crippen LogP contribution is 2.43. The Morgan fingerprint density at radius 1 is 1.04 bits per heavy atom. The van der Waals surface area contributed by atoms with Crippen LogP contribution in [0.1, 0.15) is 40.3 Å². The number of aryl methyl sites for hydroxylation is 2. The van der Waals surface area contributed by atoms with Gasteiger partial charge in [0.25, 0.3) is 0 Å². The Hall–Kier alpha value is -2.66. The zero-order valence-electron chi connectivity index (χ0n) is 16.1. The van der Waals surface area contributed by atoms with Gasteiger partial charge >= 0.3 is 0 Å². The minimum atomic E-state index is 0.000466. The first kappa shape index (κ1) is 17.7. The second kappa shape index (κ2) is 6.82. The van der Waals surface area contributed by atoms with Gasteiger partial charge in [-0.25, -0.2) is 0 Å². The lowest BCUT2D eigenvalue weighted by Gasteiger charge is -2.28. The first-order chi connectivity index (χ1) is 13.0. The Morgan fingerprint density at radius 2 is 1.78 bits per heavy atom. The fourth-order valence-electron chi connectivity index (χ4n) is 3.84. The van der Waals surface area contributed by atoms with Gasteiger partial charge < -0.3 is 14.8 Å². The quantitative estimate of drug-likeness (QED) is 0.681. The Labute approximate surface area is 165 Å². The van der Waals surface area contributed by atoms with E-state index >= 15 is 0 Å². The molecule has 0 spiro atoms. The average Bonchev–Trinajstić information content (AvgIpc) is 3.14. The van der Waals surface area contributed by atoms with Crippen LogP contribution in [0.25, 0.3) is 0 Å². The van der Waals surface area contributed by atoms with Gasteiger partial charge in [-0.3, -0.25) is 4.98 Å². The molecule has 1 N–H and O–H groups in total. The van der Waals surface area contributed by atoms with Gasteiger partial charge in [0, 0.05) is 30.3 Å². The molecule has 0 radical (unpaired) electrons. The Kier molecular flexibility index (Phi) is 4.48. The van der Waals surface area contributed by atoms with Crippen LogP contribution in [0.2, 0.25) is 0 Å². The predicted molar refractivity (Wildman–Crippen MR) is 114 cm³/mol. The molecule has 1 aliphatic heterocycles. The monoisotopic (exact) mass is 376 g/mol. The van der Waals surface area contributed by atoms with E-state index in [2.05, 4.69) is 84.0 Å². The summed E-state index contributed by atoms with van der Waals surface area (Å²) in [6.07, 6.45) is 1.84. The number of thiocarbonyl (C=S) groups is 1. The van der Waals surface area contributed by atoms with Crippen molar-refractivity contribution in [1.82, 2.24) is 14.9 Å². The van der Waals surface area contributed by atoms with E-state index in [4.69, 9.17) is 12.2 Å². The van der Waals surface area contributed by atoms with Crippen LogP contribution in [0, 0.1) is 20.8 Å². The van der Waals surface area contributed by atoms with E-state index in [-0.39, 0.29) is 12.1 Å². The van der Waals surface area contributed by atoms with Crippen LogP contribution in [-0.4, -0.2) is 14.7 Å². The van der Waals surface area contributed by atoms with Crippen molar-refractivity contribution in [2.45, 2.75) is 32.9 Å². The highest BCUT2D eigenvalue weighted by molar-refractivity contribution is 7.80. The Morgan fingerprint density at radius 3 is 2.37 bits per heavy atom. The van der Waals surface area contributed by atoms with Crippen LogP contribution in [0.15, 0.2) is 54.7 Å². The molecule has 0 saturated carbocycles. The van der Waals surface area contributed by atoms with Gasteiger partial charge in [-0.1, -0.05) is 23.8 Å². The molecule has 2 atom stereocenters. The Bertz CT molecular complexity index is 976. The number of rotatable bonds is 3. The molecule has 138 valence electrons. The molecule has 3 aromatic rings. The lowest BCUT2D eigenvalue weighted by Crippen LogP contribution is -2.29. The van der Waals surface area contributed by atoms with Gasteiger partial charge in [-0.15, -0.1) is 0 Å². The summed E-state index contributed by atoms with van der Waals surface area (Å²) in [5, 5.41) is 4.26. The zero-order valence-corrected chi connectivity index (χ0v) is 16.9. The lowest BCUT2D eigenvalue weighted by atomic mass is 9.96.